The Hall–Kier alpha value is -2.14. The van der Waals surface area contributed by atoms with Gasteiger partial charge in [0.05, 0.1) is 0 Å². The first-order valence-electron chi connectivity index (χ1n) is 7.36. The highest BCUT2D eigenvalue weighted by molar-refractivity contribution is 9.10. The molecule has 5 heteroatoms. The van der Waals surface area contributed by atoms with Crippen molar-refractivity contribution in [1.29, 1.82) is 0 Å². The molecule has 0 aromatic heterocycles. The zero-order valence-electron chi connectivity index (χ0n) is 12.4. The van der Waals surface area contributed by atoms with E-state index in [2.05, 4.69) is 21.2 Å². The number of carbonyl (C=O) groups excluding carboxylic acids is 2. The number of ether oxygens (including phenoxy) is 1. The maximum atomic E-state index is 12.7. The third-order valence-electron chi connectivity index (χ3n) is 4.73. The molecule has 1 spiro atoms. The summed E-state index contributed by atoms with van der Waals surface area (Å²) in [6.07, 6.45) is 0.462. The number of esters is 1. The van der Waals surface area contributed by atoms with Crippen LogP contribution in [0.1, 0.15) is 24.5 Å². The largest absolute Gasteiger partial charge is 0.453 e. The topological polar surface area (TPSA) is 55.4 Å². The Morgan fingerprint density at radius 2 is 1.87 bits per heavy atom. The molecule has 4 nitrogen and oxygen atoms in total. The molecular weight excluding hydrogens is 358 g/mol. The van der Waals surface area contributed by atoms with Crippen LogP contribution in [0.25, 0.3) is 0 Å². The van der Waals surface area contributed by atoms with Crippen molar-refractivity contribution in [3.05, 3.63) is 64.1 Å². The molecule has 116 valence electrons. The highest BCUT2D eigenvalue weighted by Gasteiger charge is 2.79. The number of amides is 1. The summed E-state index contributed by atoms with van der Waals surface area (Å²) in [5.41, 5.74) is 0.764. The molecule has 1 heterocycles. The van der Waals surface area contributed by atoms with E-state index >= 15 is 0 Å². The zero-order chi connectivity index (χ0) is 16.2. The van der Waals surface area contributed by atoms with Crippen molar-refractivity contribution >= 4 is 33.5 Å². The minimum Gasteiger partial charge on any atom is -0.453 e. The van der Waals surface area contributed by atoms with Gasteiger partial charge in [0.25, 0.3) is 0 Å². The first kappa shape index (κ1) is 14.5. The summed E-state index contributed by atoms with van der Waals surface area (Å²) in [5.74, 6) is -0.496. The smallest absolute Gasteiger partial charge is 0.303 e. The number of hydrogen-bond acceptors (Lipinski definition) is 3. The van der Waals surface area contributed by atoms with Gasteiger partial charge in [-0.05, 0) is 29.3 Å². The Kier molecular flexibility index (Phi) is 2.94. The predicted molar refractivity (Wildman–Crippen MR) is 89.0 cm³/mol. The Labute approximate surface area is 142 Å². The van der Waals surface area contributed by atoms with Gasteiger partial charge in [-0.15, -0.1) is 0 Å². The van der Waals surface area contributed by atoms with E-state index in [9.17, 15) is 9.59 Å². The first-order valence-corrected chi connectivity index (χ1v) is 8.15. The first-order chi connectivity index (χ1) is 11.0. The molecule has 0 radical (unpaired) electrons. The van der Waals surface area contributed by atoms with E-state index in [1.807, 2.05) is 48.5 Å². The van der Waals surface area contributed by atoms with E-state index in [0.29, 0.717) is 6.42 Å². The fourth-order valence-corrected chi connectivity index (χ4v) is 3.98. The monoisotopic (exact) mass is 371 g/mol. The Balaban J connectivity index is 1.89. The lowest BCUT2D eigenvalue weighted by Gasteiger charge is -2.22. The number of rotatable bonds is 2. The van der Waals surface area contributed by atoms with Gasteiger partial charge >= 0.3 is 5.97 Å². The SMILES string of the molecule is CC(=O)O[C@@]1(c2ccc(Br)cc2)C[C@@]12C(=O)Nc1ccccc12. The van der Waals surface area contributed by atoms with E-state index in [1.54, 1.807) is 0 Å². The van der Waals surface area contributed by atoms with E-state index in [4.69, 9.17) is 4.74 Å². The standard InChI is InChI=1S/C18H14BrNO3/c1-11(21)23-18(12-6-8-13(19)9-7-12)10-17(18)14-4-2-3-5-15(14)20-16(17)22/h2-9H,10H2,1H3,(H,20,22)/t17-,18-/m1/s1. The molecule has 4 rings (SSSR count). The van der Waals surface area contributed by atoms with Crippen molar-refractivity contribution in [3.8, 4) is 0 Å². The molecule has 1 amide bonds. The molecule has 1 aliphatic heterocycles. The molecule has 2 aromatic carbocycles. The minimum absolute atomic E-state index is 0.108. The molecule has 0 bridgehead atoms. The van der Waals surface area contributed by atoms with Gasteiger partial charge in [0.15, 0.2) is 5.60 Å². The summed E-state index contributed by atoms with van der Waals surface area (Å²) >= 11 is 3.41. The van der Waals surface area contributed by atoms with Gasteiger partial charge in [0, 0.05) is 23.5 Å². The lowest BCUT2D eigenvalue weighted by Crippen LogP contribution is -2.32. The van der Waals surface area contributed by atoms with Crippen molar-refractivity contribution in [2.45, 2.75) is 24.4 Å². The van der Waals surface area contributed by atoms with Crippen LogP contribution < -0.4 is 5.32 Å². The normalized spacial score (nSPS) is 27.5. The molecule has 1 fully saturated rings. The number of nitrogens with one attached hydrogen (secondary N) is 1. The average molecular weight is 372 g/mol. The summed E-state index contributed by atoms with van der Waals surface area (Å²) in [4.78, 5) is 24.5. The van der Waals surface area contributed by atoms with Crippen molar-refractivity contribution in [2.75, 3.05) is 5.32 Å². The van der Waals surface area contributed by atoms with Gasteiger partial charge < -0.3 is 10.1 Å². The maximum absolute atomic E-state index is 12.7. The minimum atomic E-state index is -0.934. The lowest BCUT2D eigenvalue weighted by molar-refractivity contribution is -0.151. The van der Waals surface area contributed by atoms with E-state index in [1.165, 1.54) is 6.92 Å². The molecule has 2 aliphatic rings. The third-order valence-corrected chi connectivity index (χ3v) is 5.26. The highest BCUT2D eigenvalue weighted by atomic mass is 79.9. The van der Waals surface area contributed by atoms with Crippen LogP contribution >= 0.6 is 15.9 Å². The van der Waals surface area contributed by atoms with Gasteiger partial charge in [-0.25, -0.2) is 0 Å². The third kappa shape index (κ3) is 1.83. The van der Waals surface area contributed by atoms with Crippen LogP contribution in [0.2, 0.25) is 0 Å². The predicted octanol–water partition coefficient (Wildman–Crippen LogP) is 3.50. The van der Waals surface area contributed by atoms with E-state index in [-0.39, 0.29) is 11.9 Å². The average Bonchev–Trinajstić information content (AvgIpc) is 3.09. The Bertz CT molecular complexity index is 832. The Morgan fingerprint density at radius 1 is 1.17 bits per heavy atom. The number of para-hydroxylation sites is 1. The Morgan fingerprint density at radius 3 is 2.57 bits per heavy atom. The van der Waals surface area contributed by atoms with Crippen molar-refractivity contribution < 1.29 is 14.3 Å². The summed E-state index contributed by atoms with van der Waals surface area (Å²) in [7, 11) is 0. The second-order valence-electron chi connectivity index (χ2n) is 6.01. The molecule has 2 aromatic rings. The van der Waals surface area contributed by atoms with Crippen LogP contribution in [0.5, 0.6) is 0 Å². The molecule has 0 unspecified atom stereocenters. The fourth-order valence-electron chi connectivity index (χ4n) is 3.72. The van der Waals surface area contributed by atoms with Crippen LogP contribution in [0.15, 0.2) is 53.0 Å². The molecule has 1 aliphatic carbocycles. The van der Waals surface area contributed by atoms with Crippen molar-refractivity contribution in [3.63, 3.8) is 0 Å². The number of halogens is 1. The van der Waals surface area contributed by atoms with E-state index in [0.717, 1.165) is 21.3 Å². The van der Waals surface area contributed by atoms with Gasteiger partial charge in [-0.1, -0.05) is 46.3 Å². The zero-order valence-corrected chi connectivity index (χ0v) is 14.0. The molecule has 2 atom stereocenters. The molecule has 1 saturated carbocycles. The second kappa shape index (κ2) is 4.68. The van der Waals surface area contributed by atoms with Crippen LogP contribution in [-0.2, 0) is 25.3 Å². The number of hydrogen-bond donors (Lipinski definition) is 1. The van der Waals surface area contributed by atoms with Crippen LogP contribution in [0.4, 0.5) is 5.69 Å². The number of anilines is 1. The van der Waals surface area contributed by atoms with Crippen molar-refractivity contribution in [2.24, 2.45) is 0 Å². The van der Waals surface area contributed by atoms with Crippen LogP contribution in [-0.4, -0.2) is 11.9 Å². The molecular formula is C18H14BrNO3. The van der Waals surface area contributed by atoms with Gasteiger partial charge in [0.1, 0.15) is 5.41 Å². The fraction of sp³-hybridized carbons (Fsp3) is 0.222. The molecule has 23 heavy (non-hydrogen) atoms. The number of fused-ring (bicyclic) bond motifs is 2. The molecule has 0 saturated heterocycles. The number of carbonyl (C=O) groups is 2. The summed E-state index contributed by atoms with van der Waals surface area (Å²) in [6.45, 7) is 1.38. The number of benzene rings is 2. The van der Waals surface area contributed by atoms with Gasteiger partial charge in [-0.3, -0.25) is 9.59 Å². The van der Waals surface area contributed by atoms with Gasteiger partial charge in [0.2, 0.25) is 5.91 Å². The van der Waals surface area contributed by atoms with Crippen LogP contribution in [0, 0.1) is 0 Å². The van der Waals surface area contributed by atoms with Crippen LogP contribution in [0.3, 0.4) is 0 Å². The van der Waals surface area contributed by atoms with Crippen molar-refractivity contribution in [1.82, 2.24) is 0 Å². The molecule has 1 N–H and O–H groups in total. The quantitative estimate of drug-likeness (QED) is 0.821. The summed E-state index contributed by atoms with van der Waals surface area (Å²) in [6, 6.07) is 15.2. The van der Waals surface area contributed by atoms with Gasteiger partial charge in [-0.2, -0.15) is 0 Å². The maximum Gasteiger partial charge on any atom is 0.303 e. The summed E-state index contributed by atoms with van der Waals surface area (Å²) in [5, 5.41) is 2.92. The van der Waals surface area contributed by atoms with E-state index < -0.39 is 11.0 Å². The lowest BCUT2D eigenvalue weighted by atomic mass is 9.89. The summed E-state index contributed by atoms with van der Waals surface area (Å²) < 4.78 is 6.66. The highest BCUT2D eigenvalue weighted by Crippen LogP contribution is 2.69. The second-order valence-corrected chi connectivity index (χ2v) is 6.93.